The number of hydrogen-bond acceptors (Lipinski definition) is 7. The van der Waals surface area contributed by atoms with Crippen LogP contribution in [0, 0.1) is 23.2 Å². The van der Waals surface area contributed by atoms with Gasteiger partial charge in [0.1, 0.15) is 23.6 Å². The molecule has 1 amide bonds. The number of hydrogen-bond donors (Lipinski definition) is 1. The maximum absolute atomic E-state index is 12.0. The number of fused-ring (bicyclic) bond motifs is 1. The van der Waals surface area contributed by atoms with Gasteiger partial charge >= 0.3 is 0 Å². The minimum atomic E-state index is -0.112. The van der Waals surface area contributed by atoms with E-state index in [4.69, 9.17) is 10.5 Å². The Kier molecular flexibility index (Phi) is 5.25. The summed E-state index contributed by atoms with van der Waals surface area (Å²) in [4.78, 5) is 22.1. The average molecular weight is 413 g/mol. The van der Waals surface area contributed by atoms with Gasteiger partial charge in [-0.2, -0.15) is 10.4 Å². The van der Waals surface area contributed by atoms with Crippen LogP contribution in [-0.2, 0) is 4.79 Å². The number of carbonyl (C=O) groups excluding carboxylic acids is 1. The number of amides is 1. The van der Waals surface area contributed by atoms with Crippen LogP contribution < -0.4 is 10.5 Å². The van der Waals surface area contributed by atoms with E-state index in [1.54, 1.807) is 27.8 Å². The van der Waals surface area contributed by atoms with Crippen LogP contribution >= 0.6 is 0 Å². The van der Waals surface area contributed by atoms with Gasteiger partial charge in [0.15, 0.2) is 5.65 Å². The number of anilines is 1. The highest BCUT2D eigenvalue weighted by Gasteiger charge is 2.29. The fraction of sp³-hybridized carbons (Fsp3) is 0.227. The molecule has 2 aromatic heterocycles. The van der Waals surface area contributed by atoms with Gasteiger partial charge in [-0.15, -0.1) is 0 Å². The number of benzene rings is 1. The van der Waals surface area contributed by atoms with Crippen molar-refractivity contribution in [3.05, 3.63) is 54.0 Å². The molecular formula is C22H19N7O2. The molecule has 1 aliphatic heterocycles. The number of nitrogens with two attached hydrogens (primary N) is 1. The third-order valence-corrected chi connectivity index (χ3v) is 5.11. The van der Waals surface area contributed by atoms with E-state index in [9.17, 15) is 10.1 Å². The first kappa shape index (κ1) is 19.9. The molecule has 9 heteroatoms. The van der Waals surface area contributed by atoms with E-state index in [0.717, 1.165) is 6.42 Å². The Balaban J connectivity index is 1.76. The zero-order valence-electron chi connectivity index (χ0n) is 16.9. The molecule has 31 heavy (non-hydrogen) atoms. The van der Waals surface area contributed by atoms with Gasteiger partial charge in [0, 0.05) is 18.7 Å². The predicted molar refractivity (Wildman–Crippen MR) is 114 cm³/mol. The number of nitrogens with zero attached hydrogens (tertiary/aromatic N) is 6. The molecule has 1 atom stereocenters. The predicted octanol–water partition coefficient (Wildman–Crippen LogP) is 1.65. The van der Waals surface area contributed by atoms with E-state index < -0.39 is 0 Å². The molecule has 2 N–H and O–H groups in total. The maximum atomic E-state index is 12.0. The van der Waals surface area contributed by atoms with Crippen molar-refractivity contribution in [2.24, 2.45) is 0 Å². The summed E-state index contributed by atoms with van der Waals surface area (Å²) in [5.41, 5.74) is 8.17. The molecule has 1 aliphatic rings. The third kappa shape index (κ3) is 3.77. The number of rotatable bonds is 3. The highest BCUT2D eigenvalue weighted by Crippen LogP contribution is 2.28. The highest BCUT2D eigenvalue weighted by atomic mass is 16.5. The van der Waals surface area contributed by atoms with Crippen molar-refractivity contribution in [3.63, 3.8) is 0 Å². The lowest BCUT2D eigenvalue weighted by Crippen LogP contribution is -2.27. The number of aromatic nitrogens is 4. The van der Waals surface area contributed by atoms with E-state index >= 15 is 0 Å². The average Bonchev–Trinajstić information content (AvgIpc) is 3.42. The quantitative estimate of drug-likeness (QED) is 0.511. The second kappa shape index (κ2) is 8.17. The molecular weight excluding hydrogens is 394 g/mol. The lowest BCUT2D eigenvalue weighted by Gasteiger charge is -2.14. The van der Waals surface area contributed by atoms with Gasteiger partial charge in [-0.1, -0.05) is 12.5 Å². The maximum Gasteiger partial charge on any atom is 0.246 e. The van der Waals surface area contributed by atoms with Crippen molar-refractivity contribution in [1.82, 2.24) is 24.6 Å². The topological polar surface area (TPSA) is 123 Å². The zero-order valence-corrected chi connectivity index (χ0v) is 16.9. The molecule has 0 saturated carbocycles. The second-order valence-corrected chi connectivity index (χ2v) is 6.99. The lowest BCUT2D eigenvalue weighted by molar-refractivity contribution is -0.125. The van der Waals surface area contributed by atoms with Crippen molar-refractivity contribution in [2.45, 2.75) is 12.5 Å². The normalized spacial score (nSPS) is 15.2. The summed E-state index contributed by atoms with van der Waals surface area (Å²) in [7, 11) is 1.53. The largest absolute Gasteiger partial charge is 0.497 e. The van der Waals surface area contributed by atoms with E-state index in [0.29, 0.717) is 46.7 Å². The molecule has 9 nitrogen and oxygen atoms in total. The second-order valence-electron chi connectivity index (χ2n) is 6.99. The third-order valence-electron chi connectivity index (χ3n) is 5.11. The molecule has 0 aliphatic carbocycles. The summed E-state index contributed by atoms with van der Waals surface area (Å²) in [6.07, 6.45) is 3.43. The van der Waals surface area contributed by atoms with E-state index in [-0.39, 0.29) is 17.8 Å². The van der Waals surface area contributed by atoms with Crippen LogP contribution in [0.1, 0.15) is 29.3 Å². The van der Waals surface area contributed by atoms with Crippen LogP contribution in [0.5, 0.6) is 5.75 Å². The zero-order chi connectivity index (χ0) is 22.0. The summed E-state index contributed by atoms with van der Waals surface area (Å²) in [6.45, 7) is 4.66. The van der Waals surface area contributed by atoms with Crippen LogP contribution in [0.4, 0.5) is 5.82 Å². The number of nitrogen functional groups attached to an aromatic ring is 1. The lowest BCUT2D eigenvalue weighted by atomic mass is 10.1. The van der Waals surface area contributed by atoms with Gasteiger partial charge in [-0.3, -0.25) is 4.79 Å². The van der Waals surface area contributed by atoms with Gasteiger partial charge in [0.2, 0.25) is 5.91 Å². The summed E-state index contributed by atoms with van der Waals surface area (Å²) in [6, 6.07) is 7.08. The van der Waals surface area contributed by atoms with Crippen LogP contribution in [0.15, 0.2) is 37.2 Å². The Morgan fingerprint density at radius 2 is 2.13 bits per heavy atom. The molecule has 3 heterocycles. The summed E-state index contributed by atoms with van der Waals surface area (Å²) in [5, 5.41) is 14.4. The monoisotopic (exact) mass is 413 g/mol. The Morgan fingerprint density at radius 3 is 2.87 bits per heavy atom. The van der Waals surface area contributed by atoms with Crippen molar-refractivity contribution in [2.75, 3.05) is 25.9 Å². The van der Waals surface area contributed by atoms with Crippen molar-refractivity contribution < 1.29 is 9.53 Å². The number of likely N-dealkylation sites (tertiary alicyclic amines) is 1. The molecule has 0 radical (unpaired) electrons. The fourth-order valence-electron chi connectivity index (χ4n) is 3.59. The van der Waals surface area contributed by atoms with Crippen molar-refractivity contribution in [3.8, 4) is 23.7 Å². The van der Waals surface area contributed by atoms with Crippen molar-refractivity contribution in [1.29, 1.82) is 5.26 Å². The van der Waals surface area contributed by atoms with Gasteiger partial charge in [0.05, 0.1) is 30.2 Å². The number of carbonyl (C=O) groups is 1. The smallest absolute Gasteiger partial charge is 0.246 e. The SMILES string of the molecule is C=CC(=O)N1CC[C@H](n2nc(C#Cc3cc(C#N)cc(OC)c3)c3c(N)ncnc32)C1. The first-order valence-corrected chi connectivity index (χ1v) is 9.55. The summed E-state index contributed by atoms with van der Waals surface area (Å²) >= 11 is 0. The minimum Gasteiger partial charge on any atom is -0.497 e. The highest BCUT2D eigenvalue weighted by molar-refractivity contribution is 5.91. The molecule has 1 saturated heterocycles. The van der Waals surface area contributed by atoms with E-state index in [2.05, 4.69) is 39.6 Å². The minimum absolute atomic E-state index is 0.0572. The molecule has 154 valence electrons. The van der Waals surface area contributed by atoms with Crippen LogP contribution in [0.3, 0.4) is 0 Å². The summed E-state index contributed by atoms with van der Waals surface area (Å²) in [5.74, 6) is 6.76. The molecule has 0 unspecified atom stereocenters. The Hall–Kier alpha value is -4.37. The first-order valence-electron chi connectivity index (χ1n) is 9.55. The standard InChI is InChI=1S/C22H19N7O2/c1-3-19(30)28-7-6-16(12-28)29-22-20(21(24)25-13-26-22)18(27-29)5-4-14-8-15(11-23)10-17(9-14)31-2/h3,8-10,13,16H,1,6-7,12H2,2H3,(H2,24,25,26)/t16-/m0/s1. The molecule has 3 aromatic rings. The molecule has 1 aromatic carbocycles. The molecule has 0 bridgehead atoms. The Bertz CT molecular complexity index is 1290. The van der Waals surface area contributed by atoms with Gasteiger partial charge in [-0.25, -0.2) is 14.6 Å². The summed E-state index contributed by atoms with van der Waals surface area (Å²) < 4.78 is 7.00. The first-order chi connectivity index (χ1) is 15.0. The van der Waals surface area contributed by atoms with Gasteiger partial charge in [-0.05, 0) is 36.6 Å². The molecule has 1 fully saturated rings. The van der Waals surface area contributed by atoms with Crippen LogP contribution in [0.2, 0.25) is 0 Å². The number of methoxy groups -OCH3 is 1. The molecule has 0 spiro atoms. The van der Waals surface area contributed by atoms with Crippen molar-refractivity contribution >= 4 is 22.8 Å². The molecule has 4 rings (SSSR count). The Labute approximate surface area is 178 Å². The number of nitriles is 1. The van der Waals surface area contributed by atoms with Gasteiger partial charge < -0.3 is 15.4 Å². The fourth-order valence-corrected chi connectivity index (χ4v) is 3.59. The van der Waals surface area contributed by atoms with Gasteiger partial charge in [0.25, 0.3) is 0 Å². The van der Waals surface area contributed by atoms with Crippen LogP contribution in [0.25, 0.3) is 11.0 Å². The van der Waals surface area contributed by atoms with E-state index in [1.807, 2.05) is 0 Å². The van der Waals surface area contributed by atoms with Crippen LogP contribution in [-0.4, -0.2) is 50.8 Å². The number of ether oxygens (including phenoxy) is 1. The Morgan fingerprint density at radius 1 is 1.32 bits per heavy atom. The van der Waals surface area contributed by atoms with E-state index in [1.165, 1.54) is 19.5 Å².